The summed E-state index contributed by atoms with van der Waals surface area (Å²) in [6, 6.07) is 8.80. The van der Waals surface area contributed by atoms with E-state index in [2.05, 4.69) is 4.72 Å². The van der Waals surface area contributed by atoms with Crippen LogP contribution in [0.3, 0.4) is 0 Å². The predicted molar refractivity (Wildman–Crippen MR) is 90.6 cm³/mol. The molecule has 0 unspecified atom stereocenters. The third-order valence-corrected chi connectivity index (χ3v) is 6.46. The number of nitrogens with one attached hydrogen (secondary N) is 1. The van der Waals surface area contributed by atoms with Crippen molar-refractivity contribution in [2.75, 3.05) is 13.2 Å². The molecule has 0 aliphatic heterocycles. The second kappa shape index (κ2) is 7.46. The molecule has 0 saturated carbocycles. The van der Waals surface area contributed by atoms with Crippen molar-refractivity contribution in [1.82, 2.24) is 4.72 Å². The molecule has 0 saturated heterocycles. The van der Waals surface area contributed by atoms with Gasteiger partial charge in [0.25, 0.3) is 0 Å². The highest BCUT2D eigenvalue weighted by Gasteiger charge is 2.15. The van der Waals surface area contributed by atoms with E-state index in [1.807, 2.05) is 19.9 Å². The molecule has 1 N–H and O–H groups in total. The molecule has 120 valence electrons. The van der Waals surface area contributed by atoms with Crippen molar-refractivity contribution in [3.8, 4) is 5.75 Å². The quantitative estimate of drug-likeness (QED) is 0.768. The summed E-state index contributed by atoms with van der Waals surface area (Å²) in [4.78, 5) is 1.05. The Morgan fingerprint density at radius 1 is 1.27 bits per heavy atom. The number of rotatable bonds is 7. The van der Waals surface area contributed by atoms with Gasteiger partial charge in [-0.3, -0.25) is 0 Å². The monoisotopic (exact) mass is 359 g/mol. The number of thiophene rings is 1. The summed E-state index contributed by atoms with van der Waals surface area (Å²) < 4.78 is 32.7. The third kappa shape index (κ3) is 4.46. The third-order valence-electron chi connectivity index (χ3n) is 3.04. The largest absolute Gasteiger partial charge is 0.492 e. The van der Waals surface area contributed by atoms with Crippen molar-refractivity contribution in [3.05, 3.63) is 45.8 Å². The summed E-state index contributed by atoms with van der Waals surface area (Å²) in [5, 5.41) is 0.648. The van der Waals surface area contributed by atoms with Gasteiger partial charge in [-0.1, -0.05) is 18.5 Å². The summed E-state index contributed by atoms with van der Waals surface area (Å²) in [7, 11) is -3.45. The van der Waals surface area contributed by atoms with E-state index in [0.717, 1.165) is 16.9 Å². The van der Waals surface area contributed by atoms with E-state index >= 15 is 0 Å². The summed E-state index contributed by atoms with van der Waals surface area (Å²) in [6.07, 6.45) is 0.832. The second-order valence-corrected chi connectivity index (χ2v) is 8.33. The molecule has 0 fully saturated rings. The van der Waals surface area contributed by atoms with Gasteiger partial charge in [-0.25, -0.2) is 13.1 Å². The topological polar surface area (TPSA) is 55.4 Å². The van der Waals surface area contributed by atoms with Crippen LogP contribution in [0.4, 0.5) is 0 Å². The number of benzene rings is 1. The van der Waals surface area contributed by atoms with Gasteiger partial charge in [0.2, 0.25) is 10.0 Å². The Balaban J connectivity index is 1.87. The molecular weight excluding hydrogens is 342 g/mol. The molecule has 0 bridgehead atoms. The second-order valence-electron chi connectivity index (χ2n) is 4.73. The minimum absolute atomic E-state index is 0.212. The van der Waals surface area contributed by atoms with Gasteiger partial charge in [-0.15, -0.1) is 11.3 Å². The summed E-state index contributed by atoms with van der Waals surface area (Å²) in [5.41, 5.74) is 0.918. The molecule has 2 aromatic rings. The number of ether oxygens (including phenoxy) is 1. The van der Waals surface area contributed by atoms with Crippen LogP contribution in [0.15, 0.2) is 34.5 Å². The van der Waals surface area contributed by atoms with Crippen molar-refractivity contribution in [2.24, 2.45) is 0 Å². The minimum Gasteiger partial charge on any atom is -0.492 e. The fourth-order valence-corrected chi connectivity index (χ4v) is 4.46. The van der Waals surface area contributed by atoms with Crippen molar-refractivity contribution in [2.45, 2.75) is 24.5 Å². The van der Waals surface area contributed by atoms with Gasteiger partial charge in [0.15, 0.2) is 0 Å². The smallest absolute Gasteiger partial charge is 0.250 e. The Bertz CT molecular complexity index is 741. The van der Waals surface area contributed by atoms with Crippen LogP contribution in [0.25, 0.3) is 0 Å². The zero-order valence-electron chi connectivity index (χ0n) is 12.4. The van der Waals surface area contributed by atoms with E-state index < -0.39 is 10.0 Å². The zero-order chi connectivity index (χ0) is 16.2. The Labute approximate surface area is 140 Å². The summed E-state index contributed by atoms with van der Waals surface area (Å²) in [5.74, 6) is 0.702. The SMILES string of the molecule is CCc1ccc(S(=O)(=O)NCCOc2ccc(Cl)cc2C)s1. The van der Waals surface area contributed by atoms with Gasteiger partial charge < -0.3 is 4.74 Å². The Hall–Kier alpha value is -1.08. The highest BCUT2D eigenvalue weighted by Crippen LogP contribution is 2.22. The van der Waals surface area contributed by atoms with Gasteiger partial charge in [-0.05, 0) is 49.2 Å². The van der Waals surface area contributed by atoms with Crippen LogP contribution >= 0.6 is 22.9 Å². The maximum absolute atomic E-state index is 12.1. The first kappa shape index (κ1) is 17.3. The molecule has 7 heteroatoms. The van der Waals surface area contributed by atoms with E-state index in [9.17, 15) is 8.42 Å². The van der Waals surface area contributed by atoms with Crippen LogP contribution in [0.2, 0.25) is 5.02 Å². The molecule has 0 spiro atoms. The van der Waals surface area contributed by atoms with Crippen molar-refractivity contribution in [3.63, 3.8) is 0 Å². The van der Waals surface area contributed by atoms with Crippen LogP contribution < -0.4 is 9.46 Å². The molecule has 0 atom stereocenters. The molecule has 22 heavy (non-hydrogen) atoms. The number of sulfonamides is 1. The van der Waals surface area contributed by atoms with Crippen LogP contribution in [-0.2, 0) is 16.4 Å². The zero-order valence-corrected chi connectivity index (χ0v) is 14.8. The lowest BCUT2D eigenvalue weighted by Gasteiger charge is -2.10. The molecule has 0 radical (unpaired) electrons. The van der Waals surface area contributed by atoms with Gasteiger partial charge in [-0.2, -0.15) is 0 Å². The highest BCUT2D eigenvalue weighted by molar-refractivity contribution is 7.91. The number of halogens is 1. The van der Waals surface area contributed by atoms with Crippen molar-refractivity contribution < 1.29 is 13.2 Å². The first-order valence-corrected chi connectivity index (χ1v) is 9.57. The standard InChI is InChI=1S/C15H18ClNO3S2/c1-3-13-5-7-15(21-13)22(18,19)17-8-9-20-14-6-4-12(16)10-11(14)2/h4-7,10,17H,3,8-9H2,1-2H3. The average molecular weight is 360 g/mol. The maximum atomic E-state index is 12.1. The van der Waals surface area contributed by atoms with Gasteiger partial charge in [0, 0.05) is 16.4 Å². The molecular formula is C15H18ClNO3S2. The average Bonchev–Trinajstić information content (AvgIpc) is 2.95. The molecule has 1 heterocycles. The van der Waals surface area contributed by atoms with Gasteiger partial charge in [0.1, 0.15) is 16.6 Å². The van der Waals surface area contributed by atoms with E-state index in [4.69, 9.17) is 16.3 Å². The predicted octanol–water partition coefficient (Wildman–Crippen LogP) is 3.63. The normalized spacial score (nSPS) is 11.6. The molecule has 4 nitrogen and oxygen atoms in total. The van der Waals surface area contributed by atoms with Crippen molar-refractivity contribution >= 4 is 33.0 Å². The lowest BCUT2D eigenvalue weighted by atomic mass is 10.2. The highest BCUT2D eigenvalue weighted by atomic mass is 35.5. The van der Waals surface area contributed by atoms with Crippen LogP contribution in [0.5, 0.6) is 5.75 Å². The summed E-state index contributed by atoms with van der Waals surface area (Å²) in [6.45, 7) is 4.36. The van der Waals surface area contributed by atoms with E-state index in [0.29, 0.717) is 15.0 Å². The lowest BCUT2D eigenvalue weighted by Crippen LogP contribution is -2.27. The number of hydrogen-bond acceptors (Lipinski definition) is 4. The Kier molecular flexibility index (Phi) is 5.86. The van der Waals surface area contributed by atoms with Crippen molar-refractivity contribution in [1.29, 1.82) is 0 Å². The Morgan fingerprint density at radius 2 is 2.05 bits per heavy atom. The molecule has 0 aliphatic rings. The number of aryl methyl sites for hydroxylation is 2. The molecule has 0 amide bonds. The van der Waals surface area contributed by atoms with E-state index in [1.54, 1.807) is 24.3 Å². The number of hydrogen-bond donors (Lipinski definition) is 1. The van der Waals surface area contributed by atoms with Crippen LogP contribution in [0.1, 0.15) is 17.4 Å². The first-order valence-electron chi connectivity index (χ1n) is 6.89. The minimum atomic E-state index is -3.45. The Morgan fingerprint density at radius 3 is 2.68 bits per heavy atom. The van der Waals surface area contributed by atoms with Gasteiger partial charge >= 0.3 is 0 Å². The lowest BCUT2D eigenvalue weighted by molar-refractivity contribution is 0.321. The maximum Gasteiger partial charge on any atom is 0.250 e. The summed E-state index contributed by atoms with van der Waals surface area (Å²) >= 11 is 7.17. The molecule has 0 aliphatic carbocycles. The van der Waals surface area contributed by atoms with Crippen LogP contribution in [0, 0.1) is 6.92 Å². The van der Waals surface area contributed by atoms with E-state index in [-0.39, 0.29) is 13.2 Å². The van der Waals surface area contributed by atoms with E-state index in [1.165, 1.54) is 11.3 Å². The fraction of sp³-hybridized carbons (Fsp3) is 0.333. The van der Waals surface area contributed by atoms with Crippen LogP contribution in [-0.4, -0.2) is 21.6 Å². The molecule has 1 aromatic heterocycles. The fourth-order valence-electron chi connectivity index (χ4n) is 1.88. The first-order chi connectivity index (χ1) is 10.4. The molecule has 2 rings (SSSR count). The molecule has 1 aromatic carbocycles. The van der Waals surface area contributed by atoms with Gasteiger partial charge in [0.05, 0.1) is 0 Å².